The van der Waals surface area contributed by atoms with Crippen molar-refractivity contribution in [1.29, 1.82) is 0 Å². The van der Waals surface area contributed by atoms with E-state index in [2.05, 4.69) is 190 Å². The van der Waals surface area contributed by atoms with Crippen molar-refractivity contribution < 1.29 is 28.4 Å². The van der Waals surface area contributed by atoms with Gasteiger partial charge in [0.15, 0.2) is 0 Å². The first-order valence-electron chi connectivity index (χ1n) is 27.6. The first-order chi connectivity index (χ1) is 40.1. The molecule has 0 saturated heterocycles. The summed E-state index contributed by atoms with van der Waals surface area (Å²) in [6.07, 6.45) is 0. The fraction of sp³-hybridized carbons (Fsp3) is 0. The largest absolute Gasteiger partial charge is 0.634 e. The van der Waals surface area contributed by atoms with Gasteiger partial charge in [0.1, 0.15) is 34.5 Å². The molecular weight excluding hydrogens is 999 g/mol. The zero-order valence-electron chi connectivity index (χ0n) is 43.2. The minimum atomic E-state index is -0.811. The van der Waals surface area contributed by atoms with Crippen LogP contribution in [0.4, 0.5) is 45.5 Å². The number of para-hydroxylation sites is 6. The number of rotatable bonds is 5. The number of fused-ring (bicyclic) bond motifs is 10. The van der Waals surface area contributed by atoms with Crippen molar-refractivity contribution in [1.82, 2.24) is 0 Å². The average Bonchev–Trinajstić information content (AvgIpc) is 1.57. The molecule has 2 N–H and O–H groups in total. The van der Waals surface area contributed by atoms with Crippen LogP contribution in [-0.2, 0) is 0 Å². The van der Waals surface area contributed by atoms with Gasteiger partial charge in [-0.1, -0.05) is 121 Å². The predicted molar refractivity (Wildman–Crippen MR) is 329 cm³/mol. The van der Waals surface area contributed by atoms with E-state index in [1.165, 1.54) is 0 Å². The van der Waals surface area contributed by atoms with E-state index < -0.39 is 21.2 Å². The molecule has 8 aliphatic heterocycles. The Labute approximate surface area is 468 Å². The van der Waals surface area contributed by atoms with E-state index in [0.29, 0.717) is 20.6 Å². The molecule has 19 rings (SSSR count). The van der Waals surface area contributed by atoms with Crippen molar-refractivity contribution >= 4 is 109 Å². The molecule has 0 saturated carbocycles. The lowest BCUT2D eigenvalue weighted by atomic mass is 9.49. The first kappa shape index (κ1) is 43.7. The molecule has 10 nitrogen and oxygen atoms in total. The maximum Gasteiger partial charge on any atom is 0.634 e. The van der Waals surface area contributed by atoms with Gasteiger partial charge >= 0.3 is 28.7 Å². The van der Waals surface area contributed by atoms with Crippen LogP contribution >= 0.6 is 0 Å². The van der Waals surface area contributed by atoms with Gasteiger partial charge < -0.3 is 48.1 Å². The smallest absolute Gasteiger partial charge is 0.559 e. The second-order valence-electron chi connectivity index (χ2n) is 21.8. The molecule has 81 heavy (non-hydrogen) atoms. The van der Waals surface area contributed by atoms with Gasteiger partial charge in [0.2, 0.25) is 0 Å². The summed E-state index contributed by atoms with van der Waals surface area (Å²) in [6, 6.07) is 73.9. The number of phenols is 1. The summed E-state index contributed by atoms with van der Waals surface area (Å²) in [4.78, 5) is 7.47. The molecule has 0 fully saturated rings. The second kappa shape index (κ2) is 16.0. The normalized spacial score (nSPS) is 14.5. The van der Waals surface area contributed by atoms with Crippen molar-refractivity contribution in [2.24, 2.45) is 0 Å². The summed E-state index contributed by atoms with van der Waals surface area (Å²) in [5, 5.41) is 16.6. The summed E-state index contributed by atoms with van der Waals surface area (Å²) < 4.78 is 35.3. The maximum absolute atomic E-state index is 12.5. The van der Waals surface area contributed by atoms with Crippen LogP contribution in [0.15, 0.2) is 212 Å². The summed E-state index contributed by atoms with van der Waals surface area (Å²) in [5.41, 5.74) is 24.8. The van der Waals surface area contributed by atoms with Crippen LogP contribution in [0.3, 0.4) is 0 Å². The monoisotopic (exact) mass is 1040 g/mol. The number of anilines is 8. The molecular formula is C66H39B5N4O6. The highest BCUT2D eigenvalue weighted by Crippen LogP contribution is 2.59. The minimum absolute atomic E-state index is 0.173. The van der Waals surface area contributed by atoms with Gasteiger partial charge in [-0.3, -0.25) is 0 Å². The van der Waals surface area contributed by atoms with Gasteiger partial charge in [-0.15, -0.1) is 0 Å². The fourth-order valence-corrected chi connectivity index (χ4v) is 14.6. The van der Waals surface area contributed by atoms with Gasteiger partial charge in [0.25, 0.3) is 7.41 Å². The topological polar surface area (TPSA) is 88.1 Å². The molecule has 0 radical (unpaired) electrons. The Kier molecular flexibility index (Phi) is 8.61. The van der Waals surface area contributed by atoms with Crippen LogP contribution in [-0.4, -0.2) is 41.2 Å². The van der Waals surface area contributed by atoms with Crippen LogP contribution in [0.1, 0.15) is 0 Å². The fourth-order valence-electron chi connectivity index (χ4n) is 14.6. The van der Waals surface area contributed by atoms with E-state index in [9.17, 15) is 5.11 Å². The van der Waals surface area contributed by atoms with Crippen molar-refractivity contribution in [3.63, 3.8) is 0 Å². The molecule has 0 atom stereocenters. The number of hydrogen-bond acceptors (Lipinski definition) is 10. The van der Waals surface area contributed by atoms with Crippen LogP contribution < -0.4 is 70.3 Å². The molecule has 0 aliphatic carbocycles. The summed E-state index contributed by atoms with van der Waals surface area (Å²) in [5.74, 6) is 3.86. The Bertz CT molecular complexity index is 4620. The lowest BCUT2D eigenvalue weighted by molar-refractivity contribution is 0.433. The van der Waals surface area contributed by atoms with Crippen LogP contribution in [0, 0.1) is 0 Å². The second-order valence-corrected chi connectivity index (χ2v) is 21.8. The molecule has 8 aliphatic rings. The Morgan fingerprint density at radius 3 is 1.53 bits per heavy atom. The van der Waals surface area contributed by atoms with E-state index in [4.69, 9.17) is 23.3 Å². The number of aromatic hydroxyl groups is 1. The molecule has 0 unspecified atom stereocenters. The zero-order valence-corrected chi connectivity index (χ0v) is 43.2. The van der Waals surface area contributed by atoms with Gasteiger partial charge in [0.05, 0.1) is 0 Å². The Morgan fingerprint density at radius 1 is 0.383 bits per heavy atom. The third-order valence-electron chi connectivity index (χ3n) is 17.7. The highest BCUT2D eigenvalue weighted by Gasteiger charge is 2.55. The molecule has 0 spiro atoms. The number of nitrogens with one attached hydrogen (secondary N) is 1. The number of benzene rings is 11. The van der Waals surface area contributed by atoms with Gasteiger partial charge in [-0.05, 0) is 106 Å². The molecule has 11 aromatic rings. The van der Waals surface area contributed by atoms with Crippen LogP contribution in [0.2, 0.25) is 0 Å². The predicted octanol–water partition coefficient (Wildman–Crippen LogP) is 10.6. The molecule has 374 valence electrons. The third kappa shape index (κ3) is 5.81. The minimum Gasteiger partial charge on any atom is -0.559 e. The molecule has 11 aromatic carbocycles. The highest BCUT2D eigenvalue weighted by molar-refractivity contribution is 6.88. The van der Waals surface area contributed by atoms with E-state index in [1.54, 1.807) is 0 Å². The van der Waals surface area contributed by atoms with E-state index in [-0.39, 0.29) is 5.75 Å². The lowest BCUT2D eigenvalue weighted by Gasteiger charge is -2.52. The van der Waals surface area contributed by atoms with E-state index in [1.807, 2.05) is 42.5 Å². The van der Waals surface area contributed by atoms with Crippen molar-refractivity contribution in [3.8, 4) is 101 Å². The van der Waals surface area contributed by atoms with Crippen molar-refractivity contribution in [3.05, 3.63) is 212 Å². The summed E-state index contributed by atoms with van der Waals surface area (Å²) >= 11 is 0. The van der Waals surface area contributed by atoms with Crippen molar-refractivity contribution in [2.75, 3.05) is 19.7 Å². The average molecular weight is 1040 g/mol. The first-order valence-corrected chi connectivity index (χ1v) is 27.6. The number of phenolic OH excluding ortho intramolecular Hbond substituents is 1. The number of hydrogen-bond donors (Lipinski definition) is 2. The van der Waals surface area contributed by atoms with Gasteiger partial charge in [0, 0.05) is 124 Å². The van der Waals surface area contributed by atoms with Crippen LogP contribution in [0.5, 0.6) is 34.5 Å². The van der Waals surface area contributed by atoms with Gasteiger partial charge in [-0.25, -0.2) is 0 Å². The van der Waals surface area contributed by atoms with Crippen molar-refractivity contribution in [2.45, 2.75) is 0 Å². The Morgan fingerprint density at radius 2 is 0.901 bits per heavy atom. The quantitative estimate of drug-likeness (QED) is 0.163. The zero-order chi connectivity index (χ0) is 52.8. The molecule has 15 heteroatoms. The maximum atomic E-state index is 12.5. The van der Waals surface area contributed by atoms with E-state index >= 15 is 0 Å². The summed E-state index contributed by atoms with van der Waals surface area (Å²) in [7, 11) is -0.751. The SMILES string of the molecule is Oc1ccc2c3c1-c1c(cc4c5c1BN(c1ccccc1)c1cc(Nc6ccccc6)c6c(c1-5)B(N(c1ccccc1)c1cc5c7c(c1-6)BOc1ccc6c(c1-7)B(Oc1ccccc1-6)O5)N4c1ccccc1)OB3Oc1ccccc1-2. The Hall–Kier alpha value is -10.3. The van der Waals surface area contributed by atoms with Gasteiger partial charge in [-0.2, -0.15) is 0 Å². The Balaban J connectivity index is 0.982. The molecule has 0 aromatic heterocycles. The molecule has 8 heterocycles. The van der Waals surface area contributed by atoms with E-state index in [0.717, 1.165) is 163 Å². The molecule has 0 bridgehead atoms. The standard InChI is InChI=1S/C66H39B5N4O6/c76-48-31-29-42-40-25-13-15-27-49(40)78-70-64(42)58(48)59-52(80-70)35-47-56-57-45(73(67-62(56)59)37-19-7-2-8-20-37)33-44(72-36-17-5-1-6-18-36)54-55-46(74(38-21-9-3-10-22-38)69(66(54)57)75(47)39-23-11-4-12-24-39)34-53-60-61-51(77-68-63(55)60)32-30-43-41-26-14-16-28-50(41)79-71(81-53)65(43)61/h1-35,67-68,72,76H. The van der Waals surface area contributed by atoms with Crippen LogP contribution in [0.25, 0.3) is 66.8 Å². The third-order valence-corrected chi connectivity index (χ3v) is 17.7. The highest BCUT2D eigenvalue weighted by atomic mass is 16.6. The number of nitrogens with zero attached hydrogens (tertiary/aromatic N) is 3. The summed E-state index contributed by atoms with van der Waals surface area (Å²) in [6.45, 7) is -0.517. The molecule has 0 amide bonds. The lowest BCUT2D eigenvalue weighted by Crippen LogP contribution is -2.64.